The summed E-state index contributed by atoms with van der Waals surface area (Å²) in [6, 6.07) is 0. The largest absolute Gasteiger partial charge is 0.369 e. The maximum atomic E-state index is 4.39. The summed E-state index contributed by atoms with van der Waals surface area (Å²) in [5, 5.41) is 3.22. The van der Waals surface area contributed by atoms with Crippen LogP contribution >= 0.6 is 0 Å². The van der Waals surface area contributed by atoms with Gasteiger partial charge in [-0.15, -0.1) is 0 Å². The van der Waals surface area contributed by atoms with Gasteiger partial charge in [-0.05, 0) is 19.8 Å². The number of aryl methyl sites for hydroxylation is 2. The van der Waals surface area contributed by atoms with Crippen molar-refractivity contribution in [3.05, 3.63) is 17.6 Å². The highest BCUT2D eigenvalue weighted by atomic mass is 15.0. The Kier molecular flexibility index (Phi) is 1.49. The summed E-state index contributed by atoms with van der Waals surface area (Å²) in [7, 11) is 0. The fourth-order valence-corrected chi connectivity index (χ4v) is 1.31. The molecule has 2 rings (SSSR count). The van der Waals surface area contributed by atoms with Crippen molar-refractivity contribution in [2.45, 2.75) is 19.8 Å². The second-order valence-electron chi connectivity index (χ2n) is 2.84. The third-order valence-corrected chi connectivity index (χ3v) is 1.85. The zero-order valence-corrected chi connectivity index (χ0v) is 6.59. The molecule has 3 heteroatoms. The molecule has 1 aromatic heterocycles. The van der Waals surface area contributed by atoms with E-state index in [1.807, 2.05) is 6.92 Å². The van der Waals surface area contributed by atoms with Crippen LogP contribution in [0.4, 0.5) is 5.82 Å². The predicted molar refractivity (Wildman–Crippen MR) is 43.6 cm³/mol. The fraction of sp³-hybridized carbons (Fsp3) is 0.500. The molecule has 0 radical (unpaired) electrons. The molecule has 0 bridgehead atoms. The Hall–Kier alpha value is -1.12. The zero-order chi connectivity index (χ0) is 7.68. The Morgan fingerprint density at radius 3 is 3.36 bits per heavy atom. The Morgan fingerprint density at radius 2 is 2.45 bits per heavy atom. The van der Waals surface area contributed by atoms with E-state index < -0.39 is 0 Å². The van der Waals surface area contributed by atoms with Gasteiger partial charge in [-0.25, -0.2) is 4.98 Å². The van der Waals surface area contributed by atoms with Crippen LogP contribution in [0.3, 0.4) is 0 Å². The van der Waals surface area contributed by atoms with Crippen LogP contribution in [-0.2, 0) is 6.42 Å². The van der Waals surface area contributed by atoms with Crippen LogP contribution in [0, 0.1) is 6.92 Å². The topological polar surface area (TPSA) is 37.8 Å². The van der Waals surface area contributed by atoms with E-state index in [0.717, 1.165) is 30.2 Å². The molecule has 1 N–H and O–H groups in total. The Labute approximate surface area is 65.9 Å². The van der Waals surface area contributed by atoms with Gasteiger partial charge in [0.1, 0.15) is 5.82 Å². The number of hydrogen-bond donors (Lipinski definition) is 1. The Morgan fingerprint density at radius 1 is 1.55 bits per heavy atom. The molecule has 0 amide bonds. The fourth-order valence-electron chi connectivity index (χ4n) is 1.31. The molecule has 3 nitrogen and oxygen atoms in total. The molecule has 0 aliphatic carbocycles. The van der Waals surface area contributed by atoms with E-state index in [4.69, 9.17) is 0 Å². The minimum atomic E-state index is 0.974. The molecule has 11 heavy (non-hydrogen) atoms. The predicted octanol–water partition coefficient (Wildman–Crippen LogP) is 1.14. The van der Waals surface area contributed by atoms with Gasteiger partial charge in [-0.1, -0.05) is 0 Å². The molecule has 0 unspecified atom stereocenters. The van der Waals surface area contributed by atoms with Crippen molar-refractivity contribution in [1.82, 2.24) is 9.97 Å². The molecule has 2 heterocycles. The molecule has 0 saturated carbocycles. The summed E-state index contributed by atoms with van der Waals surface area (Å²) >= 11 is 0. The van der Waals surface area contributed by atoms with Gasteiger partial charge >= 0.3 is 0 Å². The number of hydrogen-bond acceptors (Lipinski definition) is 3. The lowest BCUT2D eigenvalue weighted by molar-refractivity contribution is 0.781. The molecular formula is C8H11N3. The number of nitrogens with one attached hydrogen (secondary N) is 1. The van der Waals surface area contributed by atoms with Crippen LogP contribution in [0.1, 0.15) is 17.8 Å². The van der Waals surface area contributed by atoms with Crippen molar-refractivity contribution in [3.63, 3.8) is 0 Å². The Bertz CT molecular complexity index is 270. The van der Waals surface area contributed by atoms with Crippen LogP contribution in [0.5, 0.6) is 0 Å². The quantitative estimate of drug-likeness (QED) is 0.601. The average Bonchev–Trinajstić information content (AvgIpc) is 2.04. The molecular weight excluding hydrogens is 138 g/mol. The van der Waals surface area contributed by atoms with Gasteiger partial charge in [0, 0.05) is 6.54 Å². The molecule has 0 spiro atoms. The van der Waals surface area contributed by atoms with Crippen LogP contribution in [0.15, 0.2) is 6.20 Å². The van der Waals surface area contributed by atoms with Crippen molar-refractivity contribution >= 4 is 5.82 Å². The molecule has 0 atom stereocenters. The van der Waals surface area contributed by atoms with Gasteiger partial charge in [0.05, 0.1) is 17.6 Å². The lowest BCUT2D eigenvalue weighted by Crippen LogP contribution is -2.14. The lowest BCUT2D eigenvalue weighted by atomic mass is 10.2. The van der Waals surface area contributed by atoms with Gasteiger partial charge in [-0.3, -0.25) is 4.98 Å². The second kappa shape index (κ2) is 2.49. The highest BCUT2D eigenvalue weighted by molar-refractivity contribution is 5.42. The van der Waals surface area contributed by atoms with E-state index in [1.165, 1.54) is 6.42 Å². The SMILES string of the molecule is Cc1cnc2c(n1)CCCN2. The maximum absolute atomic E-state index is 4.39. The van der Waals surface area contributed by atoms with Gasteiger partial charge in [0.25, 0.3) is 0 Å². The summed E-state index contributed by atoms with van der Waals surface area (Å²) in [4.78, 5) is 8.63. The van der Waals surface area contributed by atoms with Gasteiger partial charge in [0.15, 0.2) is 0 Å². The van der Waals surface area contributed by atoms with Crippen molar-refractivity contribution in [2.75, 3.05) is 11.9 Å². The first-order valence-corrected chi connectivity index (χ1v) is 3.92. The van der Waals surface area contributed by atoms with Crippen LogP contribution < -0.4 is 5.32 Å². The minimum Gasteiger partial charge on any atom is -0.369 e. The molecule has 0 saturated heterocycles. The van der Waals surface area contributed by atoms with Crippen molar-refractivity contribution in [1.29, 1.82) is 0 Å². The Balaban J connectivity index is 2.43. The molecule has 1 aliphatic heterocycles. The van der Waals surface area contributed by atoms with E-state index >= 15 is 0 Å². The zero-order valence-electron chi connectivity index (χ0n) is 6.59. The van der Waals surface area contributed by atoms with Gasteiger partial charge in [-0.2, -0.15) is 0 Å². The first-order valence-electron chi connectivity index (χ1n) is 3.92. The molecule has 0 fully saturated rings. The molecule has 58 valence electrons. The second-order valence-corrected chi connectivity index (χ2v) is 2.84. The van der Waals surface area contributed by atoms with Crippen LogP contribution in [-0.4, -0.2) is 16.5 Å². The average molecular weight is 149 g/mol. The number of fused-ring (bicyclic) bond motifs is 1. The summed E-state index contributed by atoms with van der Waals surface area (Å²) in [5.74, 6) is 0.974. The first-order chi connectivity index (χ1) is 5.36. The van der Waals surface area contributed by atoms with Crippen LogP contribution in [0.25, 0.3) is 0 Å². The van der Waals surface area contributed by atoms with Crippen LogP contribution in [0.2, 0.25) is 0 Å². The number of aromatic nitrogens is 2. The molecule has 1 aromatic rings. The van der Waals surface area contributed by atoms with E-state index in [9.17, 15) is 0 Å². The molecule has 0 aromatic carbocycles. The maximum Gasteiger partial charge on any atom is 0.147 e. The standard InChI is InChI=1S/C8H11N3/c1-6-5-10-8-7(11-6)3-2-4-9-8/h5H,2-4H2,1H3,(H,9,10). The monoisotopic (exact) mass is 149 g/mol. The minimum absolute atomic E-state index is 0.974. The highest BCUT2D eigenvalue weighted by Gasteiger charge is 2.09. The number of nitrogens with zero attached hydrogens (tertiary/aromatic N) is 2. The normalized spacial score (nSPS) is 15.4. The van der Waals surface area contributed by atoms with Gasteiger partial charge in [0.2, 0.25) is 0 Å². The van der Waals surface area contributed by atoms with Crippen molar-refractivity contribution < 1.29 is 0 Å². The summed E-state index contributed by atoms with van der Waals surface area (Å²) in [6.45, 7) is 3.01. The third-order valence-electron chi connectivity index (χ3n) is 1.85. The van der Waals surface area contributed by atoms with E-state index in [2.05, 4.69) is 15.3 Å². The highest BCUT2D eigenvalue weighted by Crippen LogP contribution is 2.15. The summed E-state index contributed by atoms with van der Waals surface area (Å²) < 4.78 is 0. The smallest absolute Gasteiger partial charge is 0.147 e. The summed E-state index contributed by atoms with van der Waals surface area (Å²) in [6.07, 6.45) is 4.04. The van der Waals surface area contributed by atoms with Gasteiger partial charge < -0.3 is 5.32 Å². The number of anilines is 1. The van der Waals surface area contributed by atoms with E-state index in [1.54, 1.807) is 6.20 Å². The summed E-state index contributed by atoms with van der Waals surface area (Å²) in [5.41, 5.74) is 2.13. The van der Waals surface area contributed by atoms with Crippen molar-refractivity contribution in [3.8, 4) is 0 Å². The first kappa shape index (κ1) is 6.58. The number of rotatable bonds is 0. The molecule has 1 aliphatic rings. The van der Waals surface area contributed by atoms with E-state index in [-0.39, 0.29) is 0 Å². The third kappa shape index (κ3) is 1.18. The van der Waals surface area contributed by atoms with E-state index in [0.29, 0.717) is 0 Å². The lowest BCUT2D eigenvalue weighted by Gasteiger charge is -2.15. The van der Waals surface area contributed by atoms with Crippen molar-refractivity contribution in [2.24, 2.45) is 0 Å².